The van der Waals surface area contributed by atoms with E-state index >= 15 is 0 Å². The fourth-order valence-corrected chi connectivity index (χ4v) is 6.06. The predicted octanol–water partition coefficient (Wildman–Crippen LogP) is 4.93. The number of likely N-dealkylation sites (N-methyl/N-ethyl adjacent to an activating group) is 1. The highest BCUT2D eigenvalue weighted by Gasteiger charge is 2.73. The molecule has 6 nitrogen and oxygen atoms in total. The zero-order chi connectivity index (χ0) is 21.9. The van der Waals surface area contributed by atoms with Crippen molar-refractivity contribution >= 4 is 27.9 Å². The molecule has 6 rings (SSSR count). The first-order valence-electron chi connectivity index (χ1n) is 11.6. The molecule has 2 atom stereocenters. The number of rotatable bonds is 6. The van der Waals surface area contributed by atoms with Crippen LogP contribution in [0.2, 0.25) is 0 Å². The number of aromatic amines is 1. The van der Waals surface area contributed by atoms with Gasteiger partial charge >= 0.3 is 0 Å². The Hall–Kier alpha value is -3.12. The number of carbonyl (C=O) groups is 1. The molecule has 0 saturated heterocycles. The fourth-order valence-electron chi connectivity index (χ4n) is 6.06. The van der Waals surface area contributed by atoms with Gasteiger partial charge in [0.15, 0.2) is 5.82 Å². The summed E-state index contributed by atoms with van der Waals surface area (Å²) in [4.78, 5) is 23.4. The second-order valence-corrected chi connectivity index (χ2v) is 9.30. The Morgan fingerprint density at radius 1 is 1.19 bits per heavy atom. The van der Waals surface area contributed by atoms with Crippen molar-refractivity contribution in [3.63, 3.8) is 0 Å². The van der Waals surface area contributed by atoms with Gasteiger partial charge in [-0.1, -0.05) is 30.3 Å². The normalized spacial score (nSPS) is 24.2. The van der Waals surface area contributed by atoms with Gasteiger partial charge in [0.05, 0.1) is 23.1 Å². The Kier molecular flexibility index (Phi) is 4.24. The van der Waals surface area contributed by atoms with E-state index in [1.807, 2.05) is 42.5 Å². The summed E-state index contributed by atoms with van der Waals surface area (Å²) >= 11 is 0. The number of nitrogens with one attached hydrogen (secondary N) is 2. The van der Waals surface area contributed by atoms with E-state index in [0.717, 1.165) is 48.1 Å². The summed E-state index contributed by atoms with van der Waals surface area (Å²) < 4.78 is 6.13. The molecule has 2 aromatic carbocycles. The Bertz CT molecular complexity index is 1310. The highest BCUT2D eigenvalue weighted by atomic mass is 16.3. The van der Waals surface area contributed by atoms with Crippen molar-refractivity contribution in [2.45, 2.75) is 57.2 Å². The van der Waals surface area contributed by atoms with Crippen molar-refractivity contribution in [3.05, 3.63) is 65.7 Å². The minimum absolute atomic E-state index is 0.00538. The molecule has 32 heavy (non-hydrogen) atoms. The fraction of sp³-hybridized carbons (Fsp3) is 0.385. The number of aryl methyl sites for hydroxylation is 1. The molecule has 164 valence electrons. The van der Waals surface area contributed by atoms with Gasteiger partial charge in [-0.25, -0.2) is 4.98 Å². The molecule has 0 spiro atoms. The topological polar surface area (TPSA) is 74.2 Å². The monoisotopic (exact) mass is 428 g/mol. The van der Waals surface area contributed by atoms with Crippen LogP contribution in [0.1, 0.15) is 54.5 Å². The molecule has 2 aromatic heterocycles. The van der Waals surface area contributed by atoms with E-state index in [-0.39, 0.29) is 17.0 Å². The molecule has 0 aliphatic heterocycles. The minimum atomic E-state index is -0.141. The highest BCUT2D eigenvalue weighted by molar-refractivity contribution is 5.95. The predicted molar refractivity (Wildman–Crippen MR) is 125 cm³/mol. The molecule has 0 radical (unpaired) electrons. The zero-order valence-corrected chi connectivity index (χ0v) is 18.6. The molecule has 2 aliphatic carbocycles. The summed E-state index contributed by atoms with van der Waals surface area (Å²) in [6.07, 6.45) is 4.21. The lowest BCUT2D eigenvalue weighted by Gasteiger charge is -2.32. The number of hydrogen-bond donors (Lipinski definition) is 2. The summed E-state index contributed by atoms with van der Waals surface area (Å²) in [6.45, 7) is 5.54. The summed E-state index contributed by atoms with van der Waals surface area (Å²) in [5.41, 5.74) is 3.67. The molecule has 2 N–H and O–H groups in total. The maximum Gasteiger partial charge on any atom is 0.290 e. The van der Waals surface area contributed by atoms with Crippen LogP contribution in [0, 0.1) is 6.92 Å². The number of aromatic nitrogens is 2. The molecule has 0 unspecified atom stereocenters. The van der Waals surface area contributed by atoms with Gasteiger partial charge < -0.3 is 19.6 Å². The summed E-state index contributed by atoms with van der Waals surface area (Å²) in [5.74, 6) is 1.41. The number of para-hydroxylation sites is 3. The van der Waals surface area contributed by atoms with Crippen LogP contribution in [-0.2, 0) is 6.54 Å². The van der Waals surface area contributed by atoms with Crippen LogP contribution in [-0.4, -0.2) is 38.4 Å². The zero-order valence-electron chi connectivity index (χ0n) is 18.6. The van der Waals surface area contributed by atoms with Gasteiger partial charge in [-0.15, -0.1) is 0 Å². The van der Waals surface area contributed by atoms with Gasteiger partial charge in [-0.2, -0.15) is 0 Å². The third-order valence-corrected chi connectivity index (χ3v) is 7.75. The van der Waals surface area contributed by atoms with E-state index in [9.17, 15) is 4.79 Å². The van der Waals surface area contributed by atoms with Crippen LogP contribution in [0.15, 0.2) is 52.9 Å². The van der Waals surface area contributed by atoms with Gasteiger partial charge in [0.2, 0.25) is 0 Å². The second kappa shape index (κ2) is 6.94. The van der Waals surface area contributed by atoms with E-state index in [0.29, 0.717) is 18.9 Å². The standard InChI is InChI=1S/C26H28N4O2/c1-3-30(24(31)23-28-19-10-5-6-11-20(19)29-23)26-14-8-13-25(26,16-26)27-15-22-17(2)18-9-4-7-12-21(18)32-22/h4-7,9-12,27H,3,8,13-16H2,1-2H3,(H,28,29)/t25-,26-/m0/s1. The van der Waals surface area contributed by atoms with Gasteiger partial charge in [-0.05, 0) is 63.3 Å². The number of nitrogens with zero attached hydrogens (tertiary/aromatic N) is 2. The Labute approximate surface area is 187 Å². The van der Waals surface area contributed by atoms with Crippen LogP contribution in [0.25, 0.3) is 22.0 Å². The number of benzene rings is 2. The Balaban J connectivity index is 1.26. The number of amides is 1. The van der Waals surface area contributed by atoms with Crippen LogP contribution >= 0.6 is 0 Å². The van der Waals surface area contributed by atoms with Crippen LogP contribution in [0.5, 0.6) is 0 Å². The minimum Gasteiger partial charge on any atom is -0.459 e. The first kappa shape index (κ1) is 19.6. The Morgan fingerprint density at radius 3 is 2.81 bits per heavy atom. The molecule has 2 fully saturated rings. The van der Waals surface area contributed by atoms with Crippen molar-refractivity contribution in [2.75, 3.05) is 6.54 Å². The molecule has 2 heterocycles. The second-order valence-electron chi connectivity index (χ2n) is 9.30. The van der Waals surface area contributed by atoms with Gasteiger partial charge in [0, 0.05) is 17.5 Å². The van der Waals surface area contributed by atoms with Crippen LogP contribution < -0.4 is 5.32 Å². The van der Waals surface area contributed by atoms with E-state index in [1.54, 1.807) is 0 Å². The van der Waals surface area contributed by atoms with Crippen LogP contribution in [0.4, 0.5) is 0 Å². The first-order valence-corrected chi connectivity index (χ1v) is 11.6. The number of furan rings is 1. The molecule has 4 aromatic rings. The first-order chi connectivity index (χ1) is 15.6. The van der Waals surface area contributed by atoms with E-state index in [4.69, 9.17) is 4.42 Å². The van der Waals surface area contributed by atoms with E-state index in [2.05, 4.69) is 40.1 Å². The molecule has 2 aliphatic rings. The quantitative estimate of drug-likeness (QED) is 0.456. The largest absolute Gasteiger partial charge is 0.459 e. The third-order valence-electron chi connectivity index (χ3n) is 7.75. The number of imidazole rings is 1. The maximum atomic E-state index is 13.5. The number of H-pyrrole nitrogens is 1. The molecule has 1 amide bonds. The van der Waals surface area contributed by atoms with E-state index in [1.165, 1.54) is 10.9 Å². The SMILES string of the molecule is CCN(C(=O)c1nc2ccccc2[nH]1)[C@]12CCC[C@]1(NCc1oc3ccccc3c1C)C2. The van der Waals surface area contributed by atoms with Crippen molar-refractivity contribution in [2.24, 2.45) is 0 Å². The number of carbonyl (C=O) groups excluding carboxylic acids is 1. The molecular formula is C26H28N4O2. The lowest BCUT2D eigenvalue weighted by atomic mass is 10.1. The summed E-state index contributed by atoms with van der Waals surface area (Å²) in [5, 5.41) is 4.99. The van der Waals surface area contributed by atoms with Crippen molar-refractivity contribution in [3.8, 4) is 0 Å². The maximum absolute atomic E-state index is 13.5. The smallest absolute Gasteiger partial charge is 0.290 e. The van der Waals surface area contributed by atoms with Gasteiger partial charge in [0.25, 0.3) is 5.91 Å². The Morgan fingerprint density at radius 2 is 2.00 bits per heavy atom. The number of fused-ring (bicyclic) bond motifs is 3. The summed E-state index contributed by atoms with van der Waals surface area (Å²) in [7, 11) is 0. The average molecular weight is 429 g/mol. The number of hydrogen-bond acceptors (Lipinski definition) is 4. The van der Waals surface area contributed by atoms with Crippen molar-refractivity contribution in [1.29, 1.82) is 0 Å². The van der Waals surface area contributed by atoms with Crippen molar-refractivity contribution < 1.29 is 9.21 Å². The third kappa shape index (κ3) is 2.69. The van der Waals surface area contributed by atoms with E-state index < -0.39 is 0 Å². The lowest BCUT2D eigenvalue weighted by molar-refractivity contribution is 0.0624. The molecule has 6 heteroatoms. The molecular weight excluding hydrogens is 400 g/mol. The van der Waals surface area contributed by atoms with Crippen molar-refractivity contribution in [1.82, 2.24) is 20.2 Å². The highest BCUT2D eigenvalue weighted by Crippen LogP contribution is 2.63. The lowest BCUT2D eigenvalue weighted by Crippen LogP contribution is -2.49. The van der Waals surface area contributed by atoms with Gasteiger partial charge in [0.1, 0.15) is 11.3 Å². The molecule has 0 bridgehead atoms. The van der Waals surface area contributed by atoms with Gasteiger partial charge in [-0.3, -0.25) is 4.79 Å². The summed E-state index contributed by atoms with van der Waals surface area (Å²) in [6, 6.07) is 16.0. The average Bonchev–Trinajstić information content (AvgIpc) is 3.14. The molecule has 2 saturated carbocycles. The van der Waals surface area contributed by atoms with Crippen LogP contribution in [0.3, 0.4) is 0 Å².